The van der Waals surface area contributed by atoms with Crippen molar-refractivity contribution >= 4 is 34.8 Å². The van der Waals surface area contributed by atoms with Crippen LogP contribution >= 0.6 is 11.3 Å². The smallest absolute Gasteiger partial charge is 0.308 e. The number of carbonyl (C=O) groups is 3. The van der Waals surface area contributed by atoms with Gasteiger partial charge in [-0.05, 0) is 30.5 Å². The third-order valence-electron chi connectivity index (χ3n) is 3.85. The Morgan fingerprint density at radius 2 is 1.96 bits per heavy atom. The number of amides is 2. The van der Waals surface area contributed by atoms with Crippen molar-refractivity contribution in [2.75, 3.05) is 25.1 Å². The Balaban J connectivity index is 1.42. The second kappa shape index (κ2) is 9.23. The molecule has 3 rings (SSSR count). The Labute approximate surface area is 165 Å². The molecule has 2 aromatic rings. The van der Waals surface area contributed by atoms with E-state index in [1.165, 1.54) is 18.3 Å². The number of nitrogens with one attached hydrogen (secondary N) is 2. The average Bonchev–Trinajstić information content (AvgIpc) is 3.22. The molecule has 2 heterocycles. The molecular weight excluding hydrogens is 384 g/mol. The van der Waals surface area contributed by atoms with E-state index in [0.29, 0.717) is 35.3 Å². The molecular formula is C19H20N2O6S. The van der Waals surface area contributed by atoms with E-state index in [9.17, 15) is 14.4 Å². The lowest BCUT2D eigenvalue weighted by Gasteiger charge is -2.19. The van der Waals surface area contributed by atoms with E-state index in [1.54, 1.807) is 35.7 Å². The number of rotatable bonds is 7. The van der Waals surface area contributed by atoms with Crippen LogP contribution in [0, 0.1) is 0 Å². The predicted molar refractivity (Wildman–Crippen MR) is 103 cm³/mol. The van der Waals surface area contributed by atoms with Gasteiger partial charge in [0.15, 0.2) is 17.6 Å². The average molecular weight is 404 g/mol. The highest BCUT2D eigenvalue weighted by Crippen LogP contribution is 2.32. The van der Waals surface area contributed by atoms with Gasteiger partial charge >= 0.3 is 5.97 Å². The summed E-state index contributed by atoms with van der Waals surface area (Å²) in [5.74, 6) is -0.111. The lowest BCUT2D eigenvalue weighted by atomic mass is 10.2. The molecule has 0 radical (unpaired) electrons. The molecule has 0 saturated heterocycles. The molecule has 8 nitrogen and oxygen atoms in total. The van der Waals surface area contributed by atoms with E-state index in [4.69, 9.17) is 14.2 Å². The summed E-state index contributed by atoms with van der Waals surface area (Å²) < 4.78 is 16.0. The molecule has 28 heavy (non-hydrogen) atoms. The van der Waals surface area contributed by atoms with Gasteiger partial charge in [-0.25, -0.2) is 0 Å². The number of thiophene rings is 1. The summed E-state index contributed by atoms with van der Waals surface area (Å²) >= 11 is 1.32. The van der Waals surface area contributed by atoms with E-state index in [2.05, 4.69) is 10.6 Å². The summed E-state index contributed by atoms with van der Waals surface area (Å²) in [6.45, 7) is 2.54. The number of hydrogen-bond donors (Lipinski definition) is 2. The van der Waals surface area contributed by atoms with Gasteiger partial charge in [0.25, 0.3) is 11.8 Å². The van der Waals surface area contributed by atoms with E-state index in [-0.39, 0.29) is 18.9 Å². The number of fused-ring (bicyclic) bond motifs is 1. The van der Waals surface area contributed by atoms with Crippen molar-refractivity contribution in [2.45, 2.75) is 19.4 Å². The quantitative estimate of drug-likeness (QED) is 0.686. The van der Waals surface area contributed by atoms with Gasteiger partial charge in [-0.2, -0.15) is 0 Å². The molecule has 2 N–H and O–H groups in total. The van der Waals surface area contributed by atoms with Crippen LogP contribution in [0.15, 0.2) is 35.7 Å². The summed E-state index contributed by atoms with van der Waals surface area (Å²) in [7, 11) is 0. The molecule has 0 fully saturated rings. The first-order chi connectivity index (χ1) is 13.5. The number of carbonyl (C=O) groups excluding carboxylic acids is 3. The summed E-state index contributed by atoms with van der Waals surface area (Å²) in [6, 6.07) is 8.51. The molecule has 0 spiro atoms. The van der Waals surface area contributed by atoms with E-state index >= 15 is 0 Å². The first-order valence-electron chi connectivity index (χ1n) is 8.74. The summed E-state index contributed by atoms with van der Waals surface area (Å²) in [6.07, 6.45) is -1.01. The second-order valence-corrected chi connectivity index (χ2v) is 6.91. The normalized spacial score (nSPS) is 13.3. The molecule has 1 unspecified atom stereocenters. The van der Waals surface area contributed by atoms with Gasteiger partial charge < -0.3 is 24.8 Å². The maximum absolute atomic E-state index is 12.2. The second-order valence-electron chi connectivity index (χ2n) is 5.96. The Morgan fingerprint density at radius 1 is 1.18 bits per heavy atom. The summed E-state index contributed by atoms with van der Waals surface area (Å²) in [5.41, 5.74) is 0.514. The van der Waals surface area contributed by atoms with Crippen molar-refractivity contribution < 1.29 is 28.6 Å². The Hall–Kier alpha value is -3.07. The fourth-order valence-corrected chi connectivity index (χ4v) is 3.09. The number of anilines is 1. The Kier molecular flexibility index (Phi) is 6.49. The molecule has 1 atom stereocenters. The summed E-state index contributed by atoms with van der Waals surface area (Å²) in [5, 5.41) is 7.10. The van der Waals surface area contributed by atoms with Crippen LogP contribution < -0.4 is 20.1 Å². The van der Waals surface area contributed by atoms with Crippen LogP contribution in [0.4, 0.5) is 5.69 Å². The number of benzene rings is 1. The first-order valence-corrected chi connectivity index (χ1v) is 9.62. The fourth-order valence-electron chi connectivity index (χ4n) is 2.45. The van der Waals surface area contributed by atoms with Crippen molar-refractivity contribution in [1.82, 2.24) is 5.32 Å². The zero-order valence-corrected chi connectivity index (χ0v) is 16.0. The minimum Gasteiger partial charge on any atom is -0.486 e. The predicted octanol–water partition coefficient (Wildman–Crippen LogP) is 2.21. The highest BCUT2D eigenvalue weighted by Gasteiger charge is 2.19. The zero-order chi connectivity index (χ0) is 19.9. The highest BCUT2D eigenvalue weighted by atomic mass is 32.1. The van der Waals surface area contributed by atoms with Crippen LogP contribution in [0.5, 0.6) is 11.5 Å². The molecule has 0 bridgehead atoms. The van der Waals surface area contributed by atoms with Crippen molar-refractivity contribution in [2.24, 2.45) is 0 Å². The molecule has 2 amide bonds. The SMILES string of the molecule is CC(OC(=O)CCNC(=O)c1cccs1)C(=O)Nc1ccc2c(c1)OCCO2. The van der Waals surface area contributed by atoms with Gasteiger partial charge in [-0.15, -0.1) is 11.3 Å². The molecule has 1 aliphatic heterocycles. The third-order valence-corrected chi connectivity index (χ3v) is 4.72. The number of ether oxygens (including phenoxy) is 3. The Bertz CT molecular complexity index is 852. The van der Waals surface area contributed by atoms with Crippen LogP contribution in [0.1, 0.15) is 23.0 Å². The first kappa shape index (κ1) is 19.7. The monoisotopic (exact) mass is 404 g/mol. The van der Waals surface area contributed by atoms with Crippen molar-refractivity contribution in [1.29, 1.82) is 0 Å². The maximum atomic E-state index is 12.2. The van der Waals surface area contributed by atoms with E-state index in [0.717, 1.165) is 0 Å². The molecule has 148 valence electrons. The molecule has 1 aromatic heterocycles. The van der Waals surface area contributed by atoms with Crippen molar-refractivity contribution in [3.63, 3.8) is 0 Å². The van der Waals surface area contributed by atoms with Crippen LogP contribution in [-0.4, -0.2) is 43.6 Å². The van der Waals surface area contributed by atoms with Crippen LogP contribution in [0.3, 0.4) is 0 Å². The fraction of sp³-hybridized carbons (Fsp3) is 0.316. The number of esters is 1. The topological polar surface area (TPSA) is 103 Å². The minimum absolute atomic E-state index is 0.0290. The molecule has 1 aliphatic rings. The number of hydrogen-bond acceptors (Lipinski definition) is 7. The van der Waals surface area contributed by atoms with E-state index in [1.807, 2.05) is 0 Å². The lowest BCUT2D eigenvalue weighted by Crippen LogP contribution is -2.32. The van der Waals surface area contributed by atoms with Gasteiger partial charge in [0.05, 0.1) is 11.3 Å². The van der Waals surface area contributed by atoms with Crippen LogP contribution in [0.2, 0.25) is 0 Å². The van der Waals surface area contributed by atoms with Crippen LogP contribution in [-0.2, 0) is 14.3 Å². The largest absolute Gasteiger partial charge is 0.486 e. The molecule has 0 aliphatic carbocycles. The lowest BCUT2D eigenvalue weighted by molar-refractivity contribution is -0.153. The van der Waals surface area contributed by atoms with Gasteiger partial charge in [-0.3, -0.25) is 14.4 Å². The summed E-state index contributed by atoms with van der Waals surface area (Å²) in [4.78, 5) is 36.5. The van der Waals surface area contributed by atoms with Crippen LogP contribution in [0.25, 0.3) is 0 Å². The minimum atomic E-state index is -0.978. The standard InChI is InChI=1S/C19H20N2O6S/c1-12(27-17(22)6-7-20-19(24)16-3-2-10-28-16)18(23)21-13-4-5-14-15(11-13)26-9-8-25-14/h2-5,10-12H,6-9H2,1H3,(H,20,24)(H,21,23). The molecule has 0 saturated carbocycles. The van der Waals surface area contributed by atoms with Gasteiger partial charge in [0.2, 0.25) is 0 Å². The highest BCUT2D eigenvalue weighted by molar-refractivity contribution is 7.12. The third kappa shape index (κ3) is 5.23. The maximum Gasteiger partial charge on any atom is 0.308 e. The van der Waals surface area contributed by atoms with Gasteiger partial charge in [0.1, 0.15) is 13.2 Å². The van der Waals surface area contributed by atoms with Gasteiger partial charge in [0, 0.05) is 18.3 Å². The van der Waals surface area contributed by atoms with Gasteiger partial charge in [-0.1, -0.05) is 6.07 Å². The van der Waals surface area contributed by atoms with Crippen molar-refractivity contribution in [3.05, 3.63) is 40.6 Å². The van der Waals surface area contributed by atoms with Crippen molar-refractivity contribution in [3.8, 4) is 11.5 Å². The molecule has 1 aromatic carbocycles. The van der Waals surface area contributed by atoms with E-state index < -0.39 is 18.0 Å². The molecule has 9 heteroatoms. The zero-order valence-electron chi connectivity index (χ0n) is 15.2. The Morgan fingerprint density at radius 3 is 2.71 bits per heavy atom.